The Morgan fingerprint density at radius 3 is 3.04 bits per heavy atom. The molecular weight excluding hydrogens is 325 g/mol. The number of anilines is 1. The molecule has 1 fully saturated rings. The molecule has 7 nitrogen and oxygen atoms in total. The summed E-state index contributed by atoms with van der Waals surface area (Å²) in [5, 5.41) is 13.0. The van der Waals surface area contributed by atoms with Gasteiger partial charge in [0.25, 0.3) is 5.91 Å². The molecular formula is C14H14FN3O4S. The Morgan fingerprint density at radius 1 is 1.57 bits per heavy atom. The molecule has 23 heavy (non-hydrogen) atoms. The number of hydrogen-bond acceptors (Lipinski definition) is 6. The summed E-state index contributed by atoms with van der Waals surface area (Å²) in [6.07, 6.45) is 0.986. The molecule has 0 bridgehead atoms. The Labute approximate surface area is 134 Å². The lowest BCUT2D eigenvalue weighted by molar-refractivity contribution is -0.0249. The van der Waals surface area contributed by atoms with Gasteiger partial charge in [-0.05, 0) is 24.3 Å². The van der Waals surface area contributed by atoms with Crippen LogP contribution in [0.25, 0.3) is 0 Å². The lowest BCUT2D eigenvalue weighted by Crippen LogP contribution is -2.29. The van der Waals surface area contributed by atoms with Crippen molar-refractivity contribution in [3.63, 3.8) is 0 Å². The van der Waals surface area contributed by atoms with E-state index < -0.39 is 29.5 Å². The molecule has 0 aliphatic carbocycles. The highest BCUT2D eigenvalue weighted by Crippen LogP contribution is 2.27. The van der Waals surface area contributed by atoms with Gasteiger partial charge in [0.2, 0.25) is 0 Å². The first-order chi connectivity index (χ1) is 11.1. The van der Waals surface area contributed by atoms with E-state index in [0.717, 1.165) is 10.8 Å². The van der Waals surface area contributed by atoms with E-state index in [1.807, 2.05) is 0 Å². The standard InChI is InChI=1S/C14H14FN3O4S/c15-9-6-18(11-4-3-8(7-19)22-11)14(21)17-12(9)16-13(20)10-2-1-5-23-10/h1-2,5-6,8,11,19H,3-4,7H2,(H,16,17,20,21)/t8-,11+/m0/s1. The highest BCUT2D eigenvalue weighted by atomic mass is 32.1. The van der Waals surface area contributed by atoms with Crippen LogP contribution in [0.5, 0.6) is 0 Å². The number of hydrogen-bond donors (Lipinski definition) is 2. The minimum atomic E-state index is -0.828. The fourth-order valence-corrected chi connectivity index (χ4v) is 2.96. The predicted molar refractivity (Wildman–Crippen MR) is 81.0 cm³/mol. The summed E-state index contributed by atoms with van der Waals surface area (Å²) in [5.41, 5.74) is -0.725. The molecule has 1 amide bonds. The fraction of sp³-hybridized carbons (Fsp3) is 0.357. The zero-order valence-electron chi connectivity index (χ0n) is 11.9. The fourth-order valence-electron chi connectivity index (χ4n) is 2.34. The number of aliphatic hydroxyl groups excluding tert-OH is 1. The molecule has 122 valence electrons. The third-order valence-corrected chi connectivity index (χ3v) is 4.35. The predicted octanol–water partition coefficient (Wildman–Crippen LogP) is 1.37. The highest BCUT2D eigenvalue weighted by Gasteiger charge is 2.27. The van der Waals surface area contributed by atoms with Crippen LogP contribution < -0.4 is 11.0 Å². The summed E-state index contributed by atoms with van der Waals surface area (Å²) in [5.74, 6) is -1.77. The maximum atomic E-state index is 14.1. The van der Waals surface area contributed by atoms with Gasteiger partial charge in [-0.25, -0.2) is 9.18 Å². The third-order valence-electron chi connectivity index (χ3n) is 3.48. The van der Waals surface area contributed by atoms with Crippen LogP contribution in [0.1, 0.15) is 28.7 Å². The molecule has 3 rings (SSSR count). The molecule has 9 heteroatoms. The summed E-state index contributed by atoms with van der Waals surface area (Å²) in [7, 11) is 0. The van der Waals surface area contributed by atoms with E-state index in [2.05, 4.69) is 10.3 Å². The van der Waals surface area contributed by atoms with Gasteiger partial charge in [-0.3, -0.25) is 9.36 Å². The van der Waals surface area contributed by atoms with Crippen molar-refractivity contribution in [3.05, 3.63) is 44.9 Å². The normalized spacial score (nSPS) is 20.6. The van der Waals surface area contributed by atoms with Crippen LogP contribution in [-0.2, 0) is 4.74 Å². The Morgan fingerprint density at radius 2 is 2.39 bits per heavy atom. The van der Waals surface area contributed by atoms with E-state index in [-0.39, 0.29) is 12.7 Å². The lowest BCUT2D eigenvalue weighted by atomic mass is 10.2. The number of thiophene rings is 1. The summed E-state index contributed by atoms with van der Waals surface area (Å²) in [6, 6.07) is 3.27. The van der Waals surface area contributed by atoms with Gasteiger partial charge in [-0.2, -0.15) is 4.98 Å². The van der Waals surface area contributed by atoms with Crippen molar-refractivity contribution >= 4 is 23.1 Å². The molecule has 2 N–H and O–H groups in total. The van der Waals surface area contributed by atoms with E-state index in [4.69, 9.17) is 9.84 Å². The second-order valence-electron chi connectivity index (χ2n) is 5.03. The van der Waals surface area contributed by atoms with Crippen molar-refractivity contribution in [2.24, 2.45) is 0 Å². The Kier molecular flexibility index (Phi) is 4.51. The number of aromatic nitrogens is 2. The van der Waals surface area contributed by atoms with Crippen molar-refractivity contribution in [2.75, 3.05) is 11.9 Å². The highest BCUT2D eigenvalue weighted by molar-refractivity contribution is 7.12. The van der Waals surface area contributed by atoms with Gasteiger partial charge >= 0.3 is 5.69 Å². The van der Waals surface area contributed by atoms with Crippen molar-refractivity contribution in [1.82, 2.24) is 9.55 Å². The van der Waals surface area contributed by atoms with Crippen molar-refractivity contribution in [2.45, 2.75) is 25.2 Å². The molecule has 1 aliphatic heterocycles. The molecule has 2 atom stereocenters. The van der Waals surface area contributed by atoms with Gasteiger partial charge in [0, 0.05) is 0 Å². The molecule has 0 unspecified atom stereocenters. The van der Waals surface area contributed by atoms with Crippen LogP contribution in [0.3, 0.4) is 0 Å². The topological polar surface area (TPSA) is 93.5 Å². The second kappa shape index (κ2) is 6.57. The van der Waals surface area contributed by atoms with Crippen molar-refractivity contribution in [3.8, 4) is 0 Å². The van der Waals surface area contributed by atoms with E-state index >= 15 is 0 Å². The maximum absolute atomic E-state index is 14.1. The Bertz CT molecular complexity index is 762. The summed E-state index contributed by atoms with van der Waals surface area (Å²) >= 11 is 1.20. The third kappa shape index (κ3) is 3.31. The number of halogens is 1. The number of carbonyl (C=O) groups excluding carboxylic acids is 1. The second-order valence-corrected chi connectivity index (χ2v) is 5.98. The number of nitrogens with zero attached hydrogens (tertiary/aromatic N) is 2. The number of rotatable bonds is 4. The van der Waals surface area contributed by atoms with Crippen LogP contribution in [0.2, 0.25) is 0 Å². The molecule has 0 spiro atoms. The first-order valence-corrected chi connectivity index (χ1v) is 7.86. The van der Waals surface area contributed by atoms with E-state index in [0.29, 0.717) is 17.7 Å². The Balaban J connectivity index is 1.81. The van der Waals surface area contributed by atoms with E-state index in [9.17, 15) is 14.0 Å². The summed E-state index contributed by atoms with van der Waals surface area (Å²) in [6.45, 7) is -0.157. The SMILES string of the molecule is O=C(Nc1nc(=O)n([C@H]2CC[C@@H](CO)O2)cc1F)c1cccs1. The van der Waals surface area contributed by atoms with Crippen LogP contribution in [-0.4, -0.2) is 33.3 Å². The summed E-state index contributed by atoms with van der Waals surface area (Å²) < 4.78 is 20.6. The van der Waals surface area contributed by atoms with Gasteiger partial charge in [0.15, 0.2) is 11.6 Å². The zero-order valence-corrected chi connectivity index (χ0v) is 12.8. The van der Waals surface area contributed by atoms with Gasteiger partial charge in [0.05, 0.1) is 23.8 Å². The number of carbonyl (C=O) groups is 1. The molecule has 0 aromatic carbocycles. The van der Waals surface area contributed by atoms with Gasteiger partial charge in [-0.1, -0.05) is 6.07 Å². The molecule has 0 radical (unpaired) electrons. The largest absolute Gasteiger partial charge is 0.394 e. The smallest absolute Gasteiger partial charge is 0.351 e. The van der Waals surface area contributed by atoms with Gasteiger partial charge < -0.3 is 15.2 Å². The monoisotopic (exact) mass is 339 g/mol. The number of nitrogens with one attached hydrogen (secondary N) is 1. The number of ether oxygens (including phenoxy) is 1. The van der Waals surface area contributed by atoms with E-state index in [1.54, 1.807) is 17.5 Å². The first-order valence-electron chi connectivity index (χ1n) is 6.98. The molecule has 1 aliphatic rings. The molecule has 3 heterocycles. The number of aliphatic hydroxyl groups is 1. The summed E-state index contributed by atoms with van der Waals surface area (Å²) in [4.78, 5) is 27.9. The maximum Gasteiger partial charge on any atom is 0.351 e. The first kappa shape index (κ1) is 15.8. The zero-order chi connectivity index (χ0) is 16.4. The number of amides is 1. The van der Waals surface area contributed by atoms with Crippen LogP contribution in [0.4, 0.5) is 10.2 Å². The van der Waals surface area contributed by atoms with Crippen molar-refractivity contribution < 1.29 is 19.0 Å². The minimum absolute atomic E-state index is 0.157. The van der Waals surface area contributed by atoms with E-state index in [1.165, 1.54) is 11.3 Å². The lowest BCUT2D eigenvalue weighted by Gasteiger charge is -2.15. The average Bonchev–Trinajstić information content (AvgIpc) is 3.21. The molecule has 0 saturated carbocycles. The van der Waals surface area contributed by atoms with Crippen molar-refractivity contribution in [1.29, 1.82) is 0 Å². The molecule has 1 saturated heterocycles. The Hall–Kier alpha value is -2.10. The van der Waals surface area contributed by atoms with Crippen LogP contribution >= 0.6 is 11.3 Å². The quantitative estimate of drug-likeness (QED) is 0.877. The van der Waals surface area contributed by atoms with Gasteiger partial charge in [0.1, 0.15) is 6.23 Å². The average molecular weight is 339 g/mol. The molecule has 2 aromatic rings. The molecule has 2 aromatic heterocycles. The van der Waals surface area contributed by atoms with Gasteiger partial charge in [-0.15, -0.1) is 11.3 Å². The minimum Gasteiger partial charge on any atom is -0.394 e. The van der Waals surface area contributed by atoms with Crippen LogP contribution in [0, 0.1) is 5.82 Å². The van der Waals surface area contributed by atoms with Crippen LogP contribution in [0.15, 0.2) is 28.5 Å².